The number of nitriles is 1. The van der Waals surface area contributed by atoms with Gasteiger partial charge in [0.05, 0.1) is 0 Å². The third-order valence-corrected chi connectivity index (χ3v) is 5.97. The number of aryl methyl sites for hydroxylation is 2. The second-order valence-electron chi connectivity index (χ2n) is 11.1. The summed E-state index contributed by atoms with van der Waals surface area (Å²) in [5.74, 6) is -1.46. The molecule has 0 saturated carbocycles. The van der Waals surface area contributed by atoms with Gasteiger partial charge in [-0.3, -0.25) is 19.2 Å². The van der Waals surface area contributed by atoms with Gasteiger partial charge in [0.15, 0.2) is 5.69 Å². The van der Waals surface area contributed by atoms with Crippen LogP contribution in [0.1, 0.15) is 74.3 Å². The smallest absolute Gasteiger partial charge is 0.274 e. The van der Waals surface area contributed by atoms with Crippen LogP contribution in [0.5, 0.6) is 0 Å². The number of allylic oxidation sites excluding steroid dienone is 1. The van der Waals surface area contributed by atoms with Crippen LogP contribution < -0.4 is 21.3 Å². The predicted octanol–water partition coefficient (Wildman–Crippen LogP) is 2.99. The van der Waals surface area contributed by atoms with Crippen LogP contribution in [-0.4, -0.2) is 47.4 Å². The normalized spacial score (nSPS) is 13.0. The Bertz CT molecular complexity index is 1280. The lowest BCUT2D eigenvalue weighted by Gasteiger charge is -2.21. The van der Waals surface area contributed by atoms with Crippen molar-refractivity contribution >= 4 is 23.6 Å². The summed E-state index contributed by atoms with van der Waals surface area (Å²) in [7, 11) is 0. The number of aromatic nitrogens is 1. The van der Waals surface area contributed by atoms with Gasteiger partial charge in [0, 0.05) is 19.2 Å². The molecule has 1 heterocycles. The molecule has 41 heavy (non-hydrogen) atoms. The van der Waals surface area contributed by atoms with Crippen LogP contribution in [0, 0.1) is 30.6 Å². The predicted molar refractivity (Wildman–Crippen MR) is 153 cm³/mol. The minimum atomic E-state index is -0.940. The van der Waals surface area contributed by atoms with Crippen molar-refractivity contribution in [3.63, 3.8) is 0 Å². The Labute approximate surface area is 241 Å². The van der Waals surface area contributed by atoms with E-state index >= 15 is 0 Å². The minimum Gasteiger partial charge on any atom is -0.361 e. The maximum absolute atomic E-state index is 13.1. The summed E-state index contributed by atoms with van der Waals surface area (Å²) in [6, 6.07) is 9.31. The zero-order chi connectivity index (χ0) is 30.6. The highest BCUT2D eigenvalue weighted by atomic mass is 16.5. The first-order chi connectivity index (χ1) is 19.3. The van der Waals surface area contributed by atoms with E-state index in [2.05, 4.69) is 26.4 Å². The van der Waals surface area contributed by atoms with Gasteiger partial charge in [0.1, 0.15) is 29.5 Å². The summed E-state index contributed by atoms with van der Waals surface area (Å²) in [6.07, 6.45) is 2.95. The summed E-state index contributed by atoms with van der Waals surface area (Å²) in [6.45, 7) is 11.4. The van der Waals surface area contributed by atoms with E-state index < -0.39 is 29.8 Å². The molecule has 0 aliphatic heterocycles. The van der Waals surface area contributed by atoms with E-state index in [1.54, 1.807) is 13.0 Å². The fourth-order valence-corrected chi connectivity index (χ4v) is 3.75. The number of rotatable bonds is 13. The number of hydrogen-bond acceptors (Lipinski definition) is 7. The average Bonchev–Trinajstić information content (AvgIpc) is 3.35. The molecule has 0 bridgehead atoms. The number of hydrogen-bond donors (Lipinski definition) is 4. The molecular weight excluding hydrogens is 524 g/mol. The molecule has 2 atom stereocenters. The standard InChI is InChI=1S/C30H40N6O5/c1-19-10-12-22(13-11-19)18-33-28(39)24(9-7-8-14-32-27(38)23(17-31)16-30(4,5)6)35-26(37)21(3)34-29(40)25-15-20(2)41-36-25/h10-13,15-16,21,24H,7-9,14,18H2,1-6H3,(H,32,38)(H,33,39)(H,34,40)(H,35,37)/t21-,24+/m1/s1. The first-order valence-corrected chi connectivity index (χ1v) is 13.6. The first kappa shape index (κ1) is 32.8. The zero-order valence-corrected chi connectivity index (χ0v) is 24.6. The number of unbranched alkanes of at least 4 members (excludes halogenated alkanes) is 1. The van der Waals surface area contributed by atoms with Crippen LogP contribution in [0.25, 0.3) is 0 Å². The van der Waals surface area contributed by atoms with Crippen LogP contribution in [-0.2, 0) is 20.9 Å². The quantitative estimate of drug-likeness (QED) is 0.165. The summed E-state index contributed by atoms with van der Waals surface area (Å²) < 4.78 is 4.90. The molecule has 1 aromatic carbocycles. The van der Waals surface area contributed by atoms with E-state index in [4.69, 9.17) is 4.52 Å². The molecule has 0 aliphatic carbocycles. The lowest BCUT2D eigenvalue weighted by Crippen LogP contribution is -2.52. The fraction of sp³-hybridized carbons (Fsp3) is 0.467. The van der Waals surface area contributed by atoms with Gasteiger partial charge in [-0.15, -0.1) is 0 Å². The van der Waals surface area contributed by atoms with E-state index in [1.165, 1.54) is 13.0 Å². The van der Waals surface area contributed by atoms with Crippen LogP contribution in [0.15, 0.2) is 46.5 Å². The molecule has 4 N–H and O–H groups in total. The maximum atomic E-state index is 13.1. The SMILES string of the molecule is Cc1ccc(CNC(=O)[C@H](CCCCNC(=O)C(C#N)=CC(C)(C)C)NC(=O)[C@@H](C)NC(=O)c2cc(C)on2)cc1. The van der Waals surface area contributed by atoms with Crippen molar-refractivity contribution < 1.29 is 23.7 Å². The molecule has 4 amide bonds. The highest BCUT2D eigenvalue weighted by Crippen LogP contribution is 2.17. The largest absolute Gasteiger partial charge is 0.361 e. The monoisotopic (exact) mass is 564 g/mol. The van der Waals surface area contributed by atoms with Crippen molar-refractivity contribution in [2.24, 2.45) is 5.41 Å². The molecule has 0 spiro atoms. The lowest BCUT2D eigenvalue weighted by molar-refractivity contribution is -0.130. The van der Waals surface area contributed by atoms with Crippen LogP contribution in [0.4, 0.5) is 0 Å². The number of nitrogens with zero attached hydrogens (tertiary/aromatic N) is 2. The topological polar surface area (TPSA) is 166 Å². The molecular formula is C30H40N6O5. The van der Waals surface area contributed by atoms with Gasteiger partial charge < -0.3 is 25.8 Å². The van der Waals surface area contributed by atoms with Gasteiger partial charge in [0.25, 0.3) is 11.8 Å². The molecule has 0 fully saturated rings. The third-order valence-electron chi connectivity index (χ3n) is 5.97. The molecule has 0 aliphatic rings. The molecule has 1 aromatic heterocycles. The number of benzene rings is 1. The van der Waals surface area contributed by atoms with E-state index in [0.29, 0.717) is 31.6 Å². The Kier molecular flexibility index (Phi) is 12.3. The third kappa shape index (κ3) is 11.7. The van der Waals surface area contributed by atoms with Gasteiger partial charge in [-0.2, -0.15) is 5.26 Å². The summed E-state index contributed by atoms with van der Waals surface area (Å²) in [4.78, 5) is 50.7. The Balaban J connectivity index is 1.97. The van der Waals surface area contributed by atoms with Gasteiger partial charge in [-0.05, 0) is 51.0 Å². The fourth-order valence-electron chi connectivity index (χ4n) is 3.75. The molecule has 11 heteroatoms. The lowest BCUT2D eigenvalue weighted by atomic mass is 9.93. The molecule has 0 radical (unpaired) electrons. The molecule has 220 valence electrons. The zero-order valence-electron chi connectivity index (χ0n) is 24.6. The summed E-state index contributed by atoms with van der Waals surface area (Å²) in [5.41, 5.74) is 1.80. The highest BCUT2D eigenvalue weighted by molar-refractivity contribution is 5.97. The molecule has 11 nitrogen and oxygen atoms in total. The summed E-state index contributed by atoms with van der Waals surface area (Å²) >= 11 is 0. The Morgan fingerprint density at radius 1 is 1.02 bits per heavy atom. The first-order valence-electron chi connectivity index (χ1n) is 13.6. The van der Waals surface area contributed by atoms with Crippen LogP contribution in [0.2, 0.25) is 0 Å². The number of carbonyl (C=O) groups excluding carboxylic acids is 4. The summed E-state index contributed by atoms with van der Waals surface area (Å²) in [5, 5.41) is 23.8. The Morgan fingerprint density at radius 3 is 2.29 bits per heavy atom. The van der Waals surface area contributed by atoms with Crippen LogP contribution >= 0.6 is 0 Å². The second kappa shape index (κ2) is 15.4. The number of carbonyl (C=O) groups is 4. The minimum absolute atomic E-state index is 0.0495. The van der Waals surface area contributed by atoms with E-state index in [1.807, 2.05) is 58.0 Å². The molecule has 0 unspecified atom stereocenters. The Hall–Kier alpha value is -4.46. The second-order valence-corrected chi connectivity index (χ2v) is 11.1. The van der Waals surface area contributed by atoms with E-state index in [-0.39, 0.29) is 29.1 Å². The number of amides is 4. The van der Waals surface area contributed by atoms with Gasteiger partial charge in [-0.25, -0.2) is 0 Å². The van der Waals surface area contributed by atoms with Crippen molar-refractivity contribution in [3.8, 4) is 6.07 Å². The van der Waals surface area contributed by atoms with E-state index in [0.717, 1.165) is 11.1 Å². The molecule has 2 aromatic rings. The van der Waals surface area contributed by atoms with Crippen molar-refractivity contribution in [1.82, 2.24) is 26.4 Å². The highest BCUT2D eigenvalue weighted by Gasteiger charge is 2.25. The van der Waals surface area contributed by atoms with Gasteiger partial charge in [-0.1, -0.05) is 61.8 Å². The van der Waals surface area contributed by atoms with Crippen molar-refractivity contribution in [1.29, 1.82) is 5.26 Å². The van der Waals surface area contributed by atoms with Crippen molar-refractivity contribution in [2.75, 3.05) is 6.54 Å². The average molecular weight is 565 g/mol. The molecule has 0 saturated heterocycles. The maximum Gasteiger partial charge on any atom is 0.274 e. The van der Waals surface area contributed by atoms with Gasteiger partial charge in [0.2, 0.25) is 11.8 Å². The van der Waals surface area contributed by atoms with Crippen molar-refractivity contribution in [3.05, 3.63) is 64.6 Å². The molecule has 2 rings (SSSR count). The van der Waals surface area contributed by atoms with E-state index in [9.17, 15) is 24.4 Å². The van der Waals surface area contributed by atoms with Crippen LogP contribution in [0.3, 0.4) is 0 Å². The van der Waals surface area contributed by atoms with Gasteiger partial charge >= 0.3 is 0 Å². The number of nitrogens with one attached hydrogen (secondary N) is 4. The Morgan fingerprint density at radius 2 is 1.71 bits per heavy atom. The van der Waals surface area contributed by atoms with Crippen molar-refractivity contribution in [2.45, 2.75) is 79.4 Å².